The minimum absolute atomic E-state index is 0. The predicted octanol–water partition coefficient (Wildman–Crippen LogP) is 1.42. The number of carbonyl (C=O) groups excluding carboxylic acids is 1. The monoisotopic (exact) mass is 252 g/mol. The topological polar surface area (TPSA) is 41.1 Å². The Morgan fingerprint density at radius 3 is 3.00 bits per heavy atom. The highest BCUT2D eigenvalue weighted by Gasteiger charge is 2.14. The third-order valence-corrected chi connectivity index (χ3v) is 3.41. The number of hydrogen-bond donors (Lipinski definition) is 2. The van der Waals surface area contributed by atoms with Gasteiger partial charge in [0.05, 0.1) is 5.75 Å². The molecule has 0 unspecified atom stereocenters. The molecule has 0 aliphatic carbocycles. The molecule has 0 radical (unpaired) electrons. The molecular weight excluding hydrogens is 232 g/mol. The number of nitrogens with one attached hydrogen (secondary N) is 2. The molecule has 1 rings (SSSR count). The summed E-state index contributed by atoms with van der Waals surface area (Å²) in [6.07, 6.45) is 3.44. The van der Waals surface area contributed by atoms with Gasteiger partial charge >= 0.3 is 0 Å². The Labute approximate surface area is 103 Å². The molecule has 1 atom stereocenters. The van der Waals surface area contributed by atoms with E-state index in [9.17, 15) is 4.79 Å². The summed E-state index contributed by atoms with van der Waals surface area (Å²) < 4.78 is 0. The van der Waals surface area contributed by atoms with Crippen molar-refractivity contribution in [2.45, 2.75) is 32.2 Å². The molecule has 15 heavy (non-hydrogen) atoms. The first-order chi connectivity index (χ1) is 6.83. The van der Waals surface area contributed by atoms with E-state index >= 15 is 0 Å². The second-order valence-corrected chi connectivity index (χ2v) is 4.77. The highest BCUT2D eigenvalue weighted by atomic mass is 35.5. The van der Waals surface area contributed by atoms with Crippen LogP contribution in [-0.2, 0) is 4.79 Å². The zero-order valence-corrected chi connectivity index (χ0v) is 10.9. The first kappa shape index (κ1) is 15.1. The molecule has 0 aromatic carbocycles. The summed E-state index contributed by atoms with van der Waals surface area (Å²) in [5.74, 6) is 1.89. The van der Waals surface area contributed by atoms with Crippen molar-refractivity contribution < 1.29 is 4.79 Å². The lowest BCUT2D eigenvalue weighted by Gasteiger charge is -2.23. The van der Waals surface area contributed by atoms with Crippen LogP contribution in [0.25, 0.3) is 0 Å². The van der Waals surface area contributed by atoms with Crippen LogP contribution >= 0.6 is 24.2 Å². The summed E-state index contributed by atoms with van der Waals surface area (Å²) in [6.45, 7) is 4.16. The summed E-state index contributed by atoms with van der Waals surface area (Å²) in [4.78, 5) is 11.4. The van der Waals surface area contributed by atoms with E-state index in [1.165, 1.54) is 6.42 Å². The van der Waals surface area contributed by atoms with Gasteiger partial charge < -0.3 is 10.6 Å². The summed E-state index contributed by atoms with van der Waals surface area (Å²) in [6, 6.07) is 0.360. The average molecular weight is 253 g/mol. The molecule has 1 aliphatic heterocycles. The number of piperidine rings is 1. The molecule has 0 aromatic rings. The second-order valence-electron chi connectivity index (χ2n) is 3.66. The van der Waals surface area contributed by atoms with Gasteiger partial charge in [-0.1, -0.05) is 6.92 Å². The fraction of sp³-hybridized carbons (Fsp3) is 0.900. The van der Waals surface area contributed by atoms with Crippen LogP contribution in [-0.4, -0.2) is 36.5 Å². The van der Waals surface area contributed by atoms with Crippen LogP contribution in [0.5, 0.6) is 0 Å². The van der Waals surface area contributed by atoms with Crippen molar-refractivity contribution in [3.8, 4) is 0 Å². The van der Waals surface area contributed by atoms with E-state index in [1.807, 2.05) is 0 Å². The lowest BCUT2D eigenvalue weighted by atomic mass is 10.1. The van der Waals surface area contributed by atoms with Crippen LogP contribution in [0.3, 0.4) is 0 Å². The van der Waals surface area contributed by atoms with Crippen molar-refractivity contribution in [3.63, 3.8) is 0 Å². The van der Waals surface area contributed by atoms with E-state index in [1.54, 1.807) is 11.8 Å². The van der Waals surface area contributed by atoms with Gasteiger partial charge in [-0.2, -0.15) is 11.8 Å². The van der Waals surface area contributed by atoms with Gasteiger partial charge in [0.1, 0.15) is 0 Å². The maximum Gasteiger partial charge on any atom is 0.230 e. The standard InChI is InChI=1S/C10H20N2OS.ClH/c1-2-6-14-8-10(13)12-9-4-3-5-11-7-9;/h9,11H,2-8H2,1H3,(H,12,13);1H/t9-;/m0./s1. The number of halogens is 1. The molecule has 1 amide bonds. The van der Waals surface area contributed by atoms with Crippen LogP contribution in [0, 0.1) is 0 Å². The smallest absolute Gasteiger partial charge is 0.230 e. The molecule has 90 valence electrons. The van der Waals surface area contributed by atoms with E-state index in [0.717, 1.165) is 31.7 Å². The highest BCUT2D eigenvalue weighted by Crippen LogP contribution is 2.04. The number of rotatable bonds is 5. The van der Waals surface area contributed by atoms with Gasteiger partial charge in [-0.15, -0.1) is 12.4 Å². The molecule has 0 bridgehead atoms. The quantitative estimate of drug-likeness (QED) is 0.728. The molecule has 0 spiro atoms. The fourth-order valence-electron chi connectivity index (χ4n) is 1.55. The van der Waals surface area contributed by atoms with Gasteiger partial charge in [0.2, 0.25) is 5.91 Å². The minimum atomic E-state index is 0. The maximum absolute atomic E-state index is 11.4. The first-order valence-electron chi connectivity index (χ1n) is 5.40. The molecule has 2 N–H and O–H groups in total. The van der Waals surface area contributed by atoms with Crippen molar-refractivity contribution in [1.29, 1.82) is 0 Å². The minimum Gasteiger partial charge on any atom is -0.351 e. The molecular formula is C10H21ClN2OS. The van der Waals surface area contributed by atoms with E-state index < -0.39 is 0 Å². The van der Waals surface area contributed by atoms with Crippen LogP contribution in [0.4, 0.5) is 0 Å². The lowest BCUT2D eigenvalue weighted by molar-refractivity contribution is -0.119. The molecule has 3 nitrogen and oxygen atoms in total. The zero-order valence-electron chi connectivity index (χ0n) is 9.25. The highest BCUT2D eigenvalue weighted by molar-refractivity contribution is 7.99. The third kappa shape index (κ3) is 7.03. The van der Waals surface area contributed by atoms with Gasteiger partial charge in [-0.05, 0) is 31.6 Å². The van der Waals surface area contributed by atoms with Gasteiger partial charge in [0.25, 0.3) is 0 Å². The van der Waals surface area contributed by atoms with Crippen molar-refractivity contribution in [3.05, 3.63) is 0 Å². The van der Waals surface area contributed by atoms with E-state index in [2.05, 4.69) is 17.6 Å². The van der Waals surface area contributed by atoms with Crippen LogP contribution < -0.4 is 10.6 Å². The van der Waals surface area contributed by atoms with Gasteiger partial charge in [0, 0.05) is 12.6 Å². The fourth-order valence-corrected chi connectivity index (χ4v) is 2.26. The van der Waals surface area contributed by atoms with Crippen molar-refractivity contribution >= 4 is 30.1 Å². The Hall–Kier alpha value is 0.0700. The number of carbonyl (C=O) groups is 1. The maximum atomic E-state index is 11.4. The number of amides is 1. The van der Waals surface area contributed by atoms with Gasteiger partial charge in [-0.3, -0.25) is 4.79 Å². The molecule has 0 aromatic heterocycles. The van der Waals surface area contributed by atoms with Crippen molar-refractivity contribution in [2.24, 2.45) is 0 Å². The summed E-state index contributed by atoms with van der Waals surface area (Å²) >= 11 is 1.72. The lowest BCUT2D eigenvalue weighted by Crippen LogP contribution is -2.46. The normalized spacial score (nSPS) is 20.5. The Kier molecular flexibility index (Phi) is 9.35. The summed E-state index contributed by atoms with van der Waals surface area (Å²) in [7, 11) is 0. The third-order valence-electron chi connectivity index (χ3n) is 2.24. The Morgan fingerprint density at radius 1 is 1.60 bits per heavy atom. The van der Waals surface area contributed by atoms with Gasteiger partial charge in [-0.25, -0.2) is 0 Å². The van der Waals surface area contributed by atoms with E-state index in [4.69, 9.17) is 0 Å². The summed E-state index contributed by atoms with van der Waals surface area (Å²) in [5.41, 5.74) is 0. The van der Waals surface area contributed by atoms with Crippen LogP contribution in [0.1, 0.15) is 26.2 Å². The molecule has 5 heteroatoms. The van der Waals surface area contributed by atoms with E-state index in [0.29, 0.717) is 11.8 Å². The van der Waals surface area contributed by atoms with Crippen molar-refractivity contribution in [2.75, 3.05) is 24.6 Å². The van der Waals surface area contributed by atoms with E-state index in [-0.39, 0.29) is 18.3 Å². The molecule has 1 heterocycles. The van der Waals surface area contributed by atoms with Crippen LogP contribution in [0.2, 0.25) is 0 Å². The molecule has 1 saturated heterocycles. The van der Waals surface area contributed by atoms with Crippen molar-refractivity contribution in [1.82, 2.24) is 10.6 Å². The van der Waals surface area contributed by atoms with Crippen LogP contribution in [0.15, 0.2) is 0 Å². The Morgan fingerprint density at radius 2 is 2.40 bits per heavy atom. The Balaban J connectivity index is 0.00000196. The molecule has 0 saturated carbocycles. The SMILES string of the molecule is CCCSCC(=O)N[C@H]1CCCNC1.Cl. The second kappa shape index (κ2) is 9.31. The van der Waals surface area contributed by atoms with Gasteiger partial charge in [0.15, 0.2) is 0 Å². The summed E-state index contributed by atoms with van der Waals surface area (Å²) in [5, 5.41) is 6.34. The zero-order chi connectivity index (χ0) is 10.2. The number of thioether (sulfide) groups is 1. The largest absolute Gasteiger partial charge is 0.351 e. The molecule has 1 aliphatic rings. The Bertz CT molecular complexity index is 175. The number of hydrogen-bond acceptors (Lipinski definition) is 3. The average Bonchev–Trinajstić information content (AvgIpc) is 2.20. The predicted molar refractivity (Wildman–Crippen MR) is 68.9 cm³/mol. The first-order valence-corrected chi connectivity index (χ1v) is 6.56. The molecule has 1 fully saturated rings.